The van der Waals surface area contributed by atoms with E-state index in [0.29, 0.717) is 36.3 Å². The summed E-state index contributed by atoms with van der Waals surface area (Å²) in [6, 6.07) is 22.7. The molecule has 3 atom stereocenters. The smallest absolute Gasteiger partial charge is 0.260 e. The van der Waals surface area contributed by atoms with Gasteiger partial charge in [-0.3, -0.25) is 14.6 Å². The monoisotopic (exact) mass is 606 g/mol. The number of carbonyl (C=O) groups is 1. The van der Waals surface area contributed by atoms with Gasteiger partial charge in [0.25, 0.3) is 11.5 Å². The number of rotatable bonds is 11. The number of carbonyl (C=O) groups excluding carboxylic acids is 1. The summed E-state index contributed by atoms with van der Waals surface area (Å²) in [7, 11) is 0. The molecule has 8 heteroatoms. The maximum Gasteiger partial charge on any atom is 0.260 e. The van der Waals surface area contributed by atoms with Crippen molar-refractivity contribution in [2.45, 2.75) is 82.7 Å². The maximum atomic E-state index is 13.8. The predicted octanol–water partition coefficient (Wildman–Crippen LogP) is 5.23. The van der Waals surface area contributed by atoms with Crippen LogP contribution in [0.25, 0.3) is 11.3 Å². The highest BCUT2D eigenvalue weighted by Gasteiger charge is 2.45. The van der Waals surface area contributed by atoms with Crippen LogP contribution in [0.1, 0.15) is 72.6 Å². The topological polar surface area (TPSA) is 105 Å². The molecule has 1 aliphatic heterocycles. The molecule has 1 spiro atoms. The first-order valence-corrected chi connectivity index (χ1v) is 16.1. The molecule has 45 heavy (non-hydrogen) atoms. The van der Waals surface area contributed by atoms with Gasteiger partial charge in [0.05, 0.1) is 29.0 Å². The second-order valence-electron chi connectivity index (χ2n) is 12.3. The maximum absolute atomic E-state index is 13.8. The Kier molecular flexibility index (Phi) is 9.14. The summed E-state index contributed by atoms with van der Waals surface area (Å²) in [6.07, 6.45) is 7.81. The van der Waals surface area contributed by atoms with Gasteiger partial charge in [-0.05, 0) is 74.4 Å². The molecule has 2 aliphatic rings. The van der Waals surface area contributed by atoms with Crippen molar-refractivity contribution in [2.75, 3.05) is 6.54 Å². The van der Waals surface area contributed by atoms with E-state index in [1.165, 1.54) is 10.1 Å². The number of nitrogens with one attached hydrogen (secondary N) is 2. The number of hydrogen-bond acceptors (Lipinski definition) is 6. The summed E-state index contributed by atoms with van der Waals surface area (Å²) < 4.78 is 8.02. The summed E-state index contributed by atoms with van der Waals surface area (Å²) in [5.74, 6) is 0.570. The Morgan fingerprint density at radius 3 is 2.56 bits per heavy atom. The fraction of sp³-hybridized carbons (Fsp3) is 0.378. The summed E-state index contributed by atoms with van der Waals surface area (Å²) in [5, 5.41) is 18.4. The number of aliphatic hydroxyl groups excluding tert-OH is 1. The molecule has 2 aromatic heterocycles. The SMILES string of the molecule is CCc1ccc2c(c1)C(NC[C@@H](O)[C@H](Cc1ccccc1)NC(=O)c1cc(-c3ccccn3)c(=O)n(CC)c1)CC1(CCC1)O2. The highest BCUT2D eigenvalue weighted by Crippen LogP contribution is 2.49. The summed E-state index contributed by atoms with van der Waals surface area (Å²) in [5.41, 5.74) is 4.26. The number of ether oxygens (including phenoxy) is 1. The van der Waals surface area contributed by atoms with Crippen molar-refractivity contribution in [3.63, 3.8) is 0 Å². The molecule has 0 bridgehead atoms. The molecule has 3 N–H and O–H groups in total. The highest BCUT2D eigenvalue weighted by molar-refractivity contribution is 5.95. The van der Waals surface area contributed by atoms with Gasteiger partial charge in [-0.1, -0.05) is 55.5 Å². The first-order chi connectivity index (χ1) is 21.9. The second kappa shape index (κ2) is 13.4. The average Bonchev–Trinajstić information content (AvgIpc) is 3.06. The van der Waals surface area contributed by atoms with Crippen LogP contribution in [0.2, 0.25) is 0 Å². The fourth-order valence-corrected chi connectivity index (χ4v) is 6.51. The molecule has 1 fully saturated rings. The van der Waals surface area contributed by atoms with Gasteiger partial charge in [0, 0.05) is 43.5 Å². The standard InChI is InChI=1S/C37H42N4O4/c1-3-25-14-15-34-28(19-25)32(22-37(45-34)16-10-17-37)39-23-33(42)31(20-26-11-6-5-7-12-26)40-35(43)27-21-29(30-13-8-9-18-38-30)36(44)41(4-2)24-27/h5-9,11-15,18-19,21,24,31-33,39,42H,3-4,10,16-17,20,22-23H2,1-2H3,(H,40,43)/t31-,32?,33+/m0/s1. The lowest BCUT2D eigenvalue weighted by Crippen LogP contribution is -2.52. The molecular formula is C37H42N4O4. The minimum atomic E-state index is -0.875. The van der Waals surface area contributed by atoms with E-state index in [4.69, 9.17) is 4.74 Å². The number of aliphatic hydroxyl groups is 1. The van der Waals surface area contributed by atoms with Crippen LogP contribution in [0.5, 0.6) is 5.75 Å². The first-order valence-electron chi connectivity index (χ1n) is 16.1. The number of nitrogens with zero attached hydrogens (tertiary/aromatic N) is 2. The average molecular weight is 607 g/mol. The molecule has 1 amide bonds. The number of fused-ring (bicyclic) bond motifs is 1. The van der Waals surface area contributed by atoms with Gasteiger partial charge in [-0.25, -0.2) is 0 Å². The van der Waals surface area contributed by atoms with Crippen molar-refractivity contribution >= 4 is 5.91 Å². The van der Waals surface area contributed by atoms with Crippen LogP contribution < -0.4 is 20.9 Å². The van der Waals surface area contributed by atoms with Gasteiger partial charge in [-0.2, -0.15) is 0 Å². The van der Waals surface area contributed by atoms with Gasteiger partial charge in [0.2, 0.25) is 0 Å². The van der Waals surface area contributed by atoms with Crippen molar-refractivity contribution in [1.29, 1.82) is 0 Å². The van der Waals surface area contributed by atoms with E-state index in [9.17, 15) is 14.7 Å². The first kappa shape index (κ1) is 30.7. The zero-order chi connectivity index (χ0) is 31.4. The summed E-state index contributed by atoms with van der Waals surface area (Å²) >= 11 is 0. The molecule has 1 unspecified atom stereocenters. The lowest BCUT2D eigenvalue weighted by molar-refractivity contribution is -0.0382. The minimum absolute atomic E-state index is 0.0392. The minimum Gasteiger partial charge on any atom is -0.487 e. The van der Waals surface area contributed by atoms with Crippen molar-refractivity contribution in [2.24, 2.45) is 0 Å². The number of aromatic nitrogens is 2. The third kappa shape index (κ3) is 6.72. The molecule has 4 aromatic rings. The van der Waals surface area contributed by atoms with E-state index < -0.39 is 12.1 Å². The van der Waals surface area contributed by atoms with E-state index in [1.807, 2.05) is 43.3 Å². The van der Waals surface area contributed by atoms with E-state index >= 15 is 0 Å². The molecule has 6 rings (SSSR count). The second-order valence-corrected chi connectivity index (χ2v) is 12.3. The Labute approximate surface area is 264 Å². The van der Waals surface area contributed by atoms with Crippen LogP contribution in [-0.4, -0.2) is 44.9 Å². The Morgan fingerprint density at radius 2 is 1.87 bits per heavy atom. The van der Waals surface area contributed by atoms with Gasteiger partial charge >= 0.3 is 0 Å². The quantitative estimate of drug-likeness (QED) is 0.216. The normalized spacial score (nSPS) is 17.9. The van der Waals surface area contributed by atoms with Crippen molar-refractivity contribution in [3.05, 3.63) is 118 Å². The van der Waals surface area contributed by atoms with Crippen LogP contribution in [0.4, 0.5) is 0 Å². The molecular weight excluding hydrogens is 564 g/mol. The van der Waals surface area contributed by atoms with Crippen LogP contribution in [0.3, 0.4) is 0 Å². The van der Waals surface area contributed by atoms with Crippen molar-refractivity contribution < 1.29 is 14.6 Å². The molecule has 0 radical (unpaired) electrons. The zero-order valence-corrected chi connectivity index (χ0v) is 26.0. The largest absolute Gasteiger partial charge is 0.487 e. The molecule has 234 valence electrons. The Balaban J connectivity index is 1.24. The highest BCUT2D eigenvalue weighted by atomic mass is 16.5. The van der Waals surface area contributed by atoms with Crippen LogP contribution in [0, 0.1) is 0 Å². The number of benzene rings is 2. The summed E-state index contributed by atoms with van der Waals surface area (Å²) in [4.78, 5) is 31.3. The Hall–Kier alpha value is -4.27. The Morgan fingerprint density at radius 1 is 1.07 bits per heavy atom. The third-order valence-electron chi connectivity index (χ3n) is 9.31. The van der Waals surface area contributed by atoms with Gasteiger partial charge < -0.3 is 25.0 Å². The number of aryl methyl sites for hydroxylation is 2. The molecule has 1 aliphatic carbocycles. The van der Waals surface area contributed by atoms with E-state index in [0.717, 1.165) is 49.0 Å². The van der Waals surface area contributed by atoms with E-state index in [2.05, 4.69) is 40.7 Å². The number of pyridine rings is 2. The molecule has 3 heterocycles. The van der Waals surface area contributed by atoms with Crippen molar-refractivity contribution in [1.82, 2.24) is 20.2 Å². The molecule has 8 nitrogen and oxygen atoms in total. The molecule has 1 saturated carbocycles. The van der Waals surface area contributed by atoms with Gasteiger partial charge in [0.1, 0.15) is 11.4 Å². The van der Waals surface area contributed by atoms with Crippen molar-refractivity contribution in [3.8, 4) is 17.0 Å². The number of amides is 1. The third-order valence-corrected chi connectivity index (χ3v) is 9.31. The fourth-order valence-electron chi connectivity index (χ4n) is 6.51. The Bertz CT molecular complexity index is 1680. The molecule has 0 saturated heterocycles. The van der Waals surface area contributed by atoms with Gasteiger partial charge in [0.15, 0.2) is 0 Å². The lowest BCUT2D eigenvalue weighted by atomic mass is 9.72. The summed E-state index contributed by atoms with van der Waals surface area (Å²) in [6.45, 7) is 4.72. The van der Waals surface area contributed by atoms with E-state index in [-0.39, 0.29) is 23.1 Å². The zero-order valence-electron chi connectivity index (χ0n) is 26.0. The predicted molar refractivity (Wildman–Crippen MR) is 175 cm³/mol. The van der Waals surface area contributed by atoms with E-state index in [1.54, 1.807) is 30.6 Å². The number of hydrogen-bond donors (Lipinski definition) is 3. The van der Waals surface area contributed by atoms with Crippen LogP contribution >= 0.6 is 0 Å². The van der Waals surface area contributed by atoms with Crippen LogP contribution in [-0.2, 0) is 19.4 Å². The van der Waals surface area contributed by atoms with Crippen LogP contribution in [0.15, 0.2) is 90.0 Å². The molecule has 2 aromatic carbocycles. The van der Waals surface area contributed by atoms with Gasteiger partial charge in [-0.15, -0.1) is 0 Å². The lowest BCUT2D eigenvalue weighted by Gasteiger charge is -2.48.